The Labute approximate surface area is 226 Å². The van der Waals surface area contributed by atoms with Crippen LogP contribution in [0.2, 0.25) is 5.02 Å². The Kier molecular flexibility index (Phi) is 9.34. The maximum Gasteiger partial charge on any atom is 0.286 e. The number of nitrogens with one attached hydrogen (secondary N) is 3. The zero-order valence-electron chi connectivity index (χ0n) is 21.2. The molecular formula is C27H31ClN6O4. The van der Waals surface area contributed by atoms with E-state index < -0.39 is 5.91 Å². The number of nitrogens with zero attached hydrogens (tertiary/aromatic N) is 2. The van der Waals surface area contributed by atoms with Crippen molar-refractivity contribution in [1.82, 2.24) is 15.8 Å². The average Bonchev–Trinajstić information content (AvgIpc) is 3.29. The third-order valence-electron chi connectivity index (χ3n) is 6.01. The normalized spacial score (nSPS) is 17.6. The standard InChI is InChI=1S/C27H31ClN6O4/c1-17-24-25(34-38-17)19-7-9-20(10-8-19)37-13-5-3-2-4-12-30-16-23(35)32-22-11-6-18(14-21(22)28)15-31-27(29)33-26(24)36/h6-11,14,30H,2-5,12-13,15-16H2,1H3,(H,32,35)(H3,29,31,33,36). The van der Waals surface area contributed by atoms with Gasteiger partial charge in [-0.15, -0.1) is 0 Å². The summed E-state index contributed by atoms with van der Waals surface area (Å²) < 4.78 is 11.1. The van der Waals surface area contributed by atoms with E-state index in [1.807, 2.05) is 24.3 Å². The number of nitrogens with two attached hydrogens (primary N) is 1. The van der Waals surface area contributed by atoms with Gasteiger partial charge < -0.3 is 30.9 Å². The van der Waals surface area contributed by atoms with Crippen LogP contribution in [0.5, 0.6) is 5.75 Å². The van der Waals surface area contributed by atoms with E-state index in [4.69, 9.17) is 26.6 Å². The topological polar surface area (TPSA) is 144 Å². The first-order chi connectivity index (χ1) is 18.4. The van der Waals surface area contributed by atoms with Crippen molar-refractivity contribution in [3.8, 4) is 17.0 Å². The molecule has 4 bridgehead atoms. The molecule has 4 aliphatic heterocycles. The van der Waals surface area contributed by atoms with Crippen LogP contribution in [-0.4, -0.2) is 42.6 Å². The Hall–Kier alpha value is -3.89. The van der Waals surface area contributed by atoms with E-state index in [0.29, 0.717) is 34.3 Å². The summed E-state index contributed by atoms with van der Waals surface area (Å²) in [5, 5.41) is 13.3. The molecular weight excluding hydrogens is 508 g/mol. The van der Waals surface area contributed by atoms with Crippen LogP contribution in [0, 0.1) is 6.92 Å². The van der Waals surface area contributed by atoms with Gasteiger partial charge in [0.1, 0.15) is 22.8 Å². The van der Waals surface area contributed by atoms with Crippen LogP contribution in [0.3, 0.4) is 0 Å². The number of rotatable bonds is 0. The highest BCUT2D eigenvalue weighted by atomic mass is 35.5. The summed E-state index contributed by atoms with van der Waals surface area (Å²) in [6.45, 7) is 3.48. The first-order valence-corrected chi connectivity index (χ1v) is 12.9. The lowest BCUT2D eigenvalue weighted by Gasteiger charge is -2.11. The number of benzene rings is 2. The predicted octanol–water partition coefficient (Wildman–Crippen LogP) is 4.03. The fourth-order valence-electron chi connectivity index (χ4n) is 3.99. The van der Waals surface area contributed by atoms with Gasteiger partial charge in [-0.05, 0) is 68.3 Å². The summed E-state index contributed by atoms with van der Waals surface area (Å²) in [6.07, 6.45) is 3.95. The first-order valence-electron chi connectivity index (χ1n) is 12.5. The van der Waals surface area contributed by atoms with Gasteiger partial charge in [0, 0.05) is 12.1 Å². The zero-order chi connectivity index (χ0) is 26.9. The van der Waals surface area contributed by atoms with Crippen LogP contribution >= 0.6 is 11.6 Å². The van der Waals surface area contributed by atoms with Crippen molar-refractivity contribution >= 4 is 35.1 Å². The van der Waals surface area contributed by atoms with E-state index >= 15 is 0 Å². The number of ether oxygens (including phenoxy) is 1. The highest BCUT2D eigenvalue weighted by molar-refractivity contribution is 6.33. The first kappa shape index (κ1) is 27.2. The molecule has 5 N–H and O–H groups in total. The number of aromatic nitrogens is 1. The van der Waals surface area contributed by atoms with Gasteiger partial charge in [-0.25, -0.2) is 0 Å². The van der Waals surface area contributed by atoms with Crippen molar-refractivity contribution in [3.63, 3.8) is 0 Å². The van der Waals surface area contributed by atoms with Gasteiger partial charge in [-0.2, -0.15) is 4.99 Å². The van der Waals surface area contributed by atoms with Crippen molar-refractivity contribution in [2.75, 3.05) is 25.0 Å². The minimum atomic E-state index is -0.574. The van der Waals surface area contributed by atoms with Crippen molar-refractivity contribution < 1.29 is 18.8 Å². The molecule has 4 aliphatic rings. The molecule has 7 rings (SSSR count). The Bertz CT molecular complexity index is 1310. The van der Waals surface area contributed by atoms with E-state index in [2.05, 4.69) is 26.1 Å². The minimum absolute atomic E-state index is 0.0636. The molecule has 0 atom stereocenters. The average molecular weight is 539 g/mol. The molecule has 38 heavy (non-hydrogen) atoms. The molecule has 200 valence electrons. The fraction of sp³-hybridized carbons (Fsp3) is 0.333. The van der Waals surface area contributed by atoms with Gasteiger partial charge in [-0.1, -0.05) is 35.7 Å². The summed E-state index contributed by atoms with van der Waals surface area (Å²) in [5.74, 6) is 0.267. The van der Waals surface area contributed by atoms with Crippen LogP contribution in [-0.2, 0) is 11.3 Å². The van der Waals surface area contributed by atoms with Crippen molar-refractivity contribution in [3.05, 3.63) is 64.4 Å². The Morgan fingerprint density at radius 1 is 1.00 bits per heavy atom. The summed E-state index contributed by atoms with van der Waals surface area (Å²) in [7, 11) is 0. The van der Waals surface area contributed by atoms with E-state index in [1.165, 1.54) is 0 Å². The number of carbonyl (C=O) groups is 2. The molecule has 2 amide bonds. The monoisotopic (exact) mass is 538 g/mol. The van der Waals surface area contributed by atoms with Gasteiger partial charge in [0.15, 0.2) is 5.96 Å². The Morgan fingerprint density at radius 3 is 2.58 bits per heavy atom. The van der Waals surface area contributed by atoms with Gasteiger partial charge in [-0.3, -0.25) is 9.59 Å². The molecule has 0 saturated carbocycles. The van der Waals surface area contributed by atoms with Crippen molar-refractivity contribution in [2.24, 2.45) is 10.7 Å². The number of guanidine groups is 1. The summed E-state index contributed by atoms with van der Waals surface area (Å²) >= 11 is 6.36. The largest absolute Gasteiger partial charge is 0.494 e. The number of carbonyl (C=O) groups excluding carboxylic acids is 2. The molecule has 5 heterocycles. The number of halogens is 1. The number of hydrogen-bond donors (Lipinski definition) is 4. The van der Waals surface area contributed by atoms with E-state index in [9.17, 15) is 9.59 Å². The van der Waals surface area contributed by atoms with E-state index in [-0.39, 0.29) is 30.5 Å². The van der Waals surface area contributed by atoms with Gasteiger partial charge in [0.2, 0.25) is 5.91 Å². The molecule has 3 aromatic rings. The second-order valence-electron chi connectivity index (χ2n) is 8.94. The lowest BCUT2D eigenvalue weighted by atomic mass is 10.1. The van der Waals surface area contributed by atoms with Gasteiger partial charge in [0.25, 0.3) is 5.91 Å². The van der Waals surface area contributed by atoms with Crippen LogP contribution < -0.4 is 26.4 Å². The Morgan fingerprint density at radius 2 is 1.79 bits per heavy atom. The molecule has 0 radical (unpaired) electrons. The zero-order valence-corrected chi connectivity index (χ0v) is 21.9. The third-order valence-corrected chi connectivity index (χ3v) is 6.32. The molecule has 0 fully saturated rings. The number of amides is 2. The van der Waals surface area contributed by atoms with Crippen LogP contribution in [0.1, 0.15) is 47.4 Å². The second-order valence-corrected chi connectivity index (χ2v) is 9.35. The molecule has 11 heteroatoms. The molecule has 0 spiro atoms. The predicted molar refractivity (Wildman–Crippen MR) is 146 cm³/mol. The summed E-state index contributed by atoms with van der Waals surface area (Å²) in [5.41, 5.74) is 8.62. The second kappa shape index (κ2) is 13.1. The van der Waals surface area contributed by atoms with Gasteiger partial charge in [0.05, 0.1) is 23.9 Å². The Balaban J connectivity index is 1.53. The SMILES string of the molecule is Cc1onc2c1C(=O)/N=C(\N)NCc1ccc(c(Cl)c1)NC(=O)CNCCCCCCOc1ccc-2cc1. The molecule has 10 nitrogen and oxygen atoms in total. The van der Waals surface area contributed by atoms with Gasteiger partial charge >= 0.3 is 0 Å². The molecule has 1 aromatic heterocycles. The summed E-state index contributed by atoms with van der Waals surface area (Å²) in [6, 6.07) is 12.6. The quantitative estimate of drug-likeness (QED) is 0.336. The molecule has 0 unspecified atom stereocenters. The number of aliphatic imine (C=N–C) groups is 1. The molecule has 0 saturated heterocycles. The number of hydrogen-bond acceptors (Lipinski definition) is 8. The fourth-order valence-corrected chi connectivity index (χ4v) is 4.24. The number of anilines is 1. The lowest BCUT2D eigenvalue weighted by Crippen LogP contribution is -2.32. The van der Waals surface area contributed by atoms with Crippen LogP contribution in [0.15, 0.2) is 52.0 Å². The maximum absolute atomic E-state index is 13.0. The van der Waals surface area contributed by atoms with Crippen molar-refractivity contribution in [1.29, 1.82) is 0 Å². The van der Waals surface area contributed by atoms with E-state index in [0.717, 1.165) is 43.5 Å². The third kappa shape index (κ3) is 7.33. The van der Waals surface area contributed by atoms with Crippen LogP contribution in [0.25, 0.3) is 11.3 Å². The molecule has 0 aliphatic carbocycles. The highest BCUT2D eigenvalue weighted by Crippen LogP contribution is 2.28. The summed E-state index contributed by atoms with van der Waals surface area (Å²) in [4.78, 5) is 29.2. The van der Waals surface area contributed by atoms with E-state index in [1.54, 1.807) is 25.1 Å². The smallest absolute Gasteiger partial charge is 0.286 e. The molecule has 2 aromatic carbocycles. The highest BCUT2D eigenvalue weighted by Gasteiger charge is 2.22. The minimum Gasteiger partial charge on any atom is -0.494 e. The van der Waals surface area contributed by atoms with Crippen LogP contribution in [0.4, 0.5) is 5.69 Å². The van der Waals surface area contributed by atoms with Crippen molar-refractivity contribution in [2.45, 2.75) is 39.2 Å². The maximum atomic E-state index is 13.0. The number of aryl methyl sites for hydroxylation is 1. The lowest BCUT2D eigenvalue weighted by molar-refractivity contribution is -0.115.